The summed E-state index contributed by atoms with van der Waals surface area (Å²) in [6.07, 6.45) is -1.62. The Morgan fingerprint density at radius 1 is 1.41 bits per heavy atom. The third-order valence-electron chi connectivity index (χ3n) is 4.49. The zero-order chi connectivity index (χ0) is 21.4. The highest BCUT2D eigenvalue weighted by Gasteiger charge is 2.45. The topological polar surface area (TPSA) is 107 Å². The molecule has 1 atom stereocenters. The number of sulfonamides is 1. The summed E-state index contributed by atoms with van der Waals surface area (Å²) in [5, 5.41) is 4.60. The minimum atomic E-state index is -4.17. The third-order valence-corrected chi connectivity index (χ3v) is 5.65. The molecule has 0 radical (unpaired) electrons. The van der Waals surface area contributed by atoms with Gasteiger partial charge in [-0.05, 0) is 23.6 Å². The predicted octanol–water partition coefficient (Wildman–Crippen LogP) is 3.15. The molecule has 12 heteroatoms. The van der Waals surface area contributed by atoms with Gasteiger partial charge in [0.1, 0.15) is 17.7 Å². The molecule has 0 amide bonds. The van der Waals surface area contributed by atoms with Crippen molar-refractivity contribution in [2.24, 2.45) is 11.1 Å². The second-order valence-electron chi connectivity index (χ2n) is 6.90. The summed E-state index contributed by atoms with van der Waals surface area (Å²) in [5.41, 5.74) is 0.461. The number of rotatable bonds is 8. The van der Waals surface area contributed by atoms with Crippen molar-refractivity contribution in [3.63, 3.8) is 0 Å². The quantitative estimate of drug-likeness (QED) is 0.638. The second kappa shape index (κ2) is 8.23. The summed E-state index contributed by atoms with van der Waals surface area (Å²) >= 11 is 5.85. The lowest BCUT2D eigenvalue weighted by Crippen LogP contribution is -2.38. The van der Waals surface area contributed by atoms with E-state index in [1.807, 2.05) is 0 Å². The smallest absolute Gasteiger partial charge is 0.257 e. The first-order valence-corrected chi connectivity index (χ1v) is 10.5. The highest BCUT2D eigenvalue weighted by molar-refractivity contribution is 7.89. The van der Waals surface area contributed by atoms with E-state index in [1.54, 1.807) is 0 Å². The normalized spacial score (nSPS) is 17.9. The molecule has 3 N–H and O–H groups in total. The maximum Gasteiger partial charge on any atom is 0.257 e. The lowest BCUT2D eigenvalue weighted by molar-refractivity contribution is -0.133. The van der Waals surface area contributed by atoms with Crippen LogP contribution in [0.15, 0.2) is 23.2 Å². The number of nitrogens with two attached hydrogens (primary N) is 1. The molecule has 1 aromatic carbocycles. The van der Waals surface area contributed by atoms with Crippen molar-refractivity contribution in [3.05, 3.63) is 46.1 Å². The number of nitrogens with one attached hydrogen (secondary N) is 1. The van der Waals surface area contributed by atoms with Gasteiger partial charge in [-0.2, -0.15) is 0 Å². The Morgan fingerprint density at radius 2 is 2.10 bits per heavy atom. The number of methoxy groups -OCH3 is 1. The zero-order valence-electron chi connectivity index (χ0n) is 15.3. The lowest BCUT2D eigenvalue weighted by Gasteiger charge is -2.35. The van der Waals surface area contributed by atoms with Crippen LogP contribution < -0.4 is 5.14 Å². The van der Waals surface area contributed by atoms with Crippen molar-refractivity contribution < 1.29 is 31.1 Å². The molecule has 3 rings (SSSR count). The predicted molar refractivity (Wildman–Crippen MR) is 97.5 cm³/mol. The fraction of sp³-hybridized carbons (Fsp3) is 0.471. The van der Waals surface area contributed by atoms with E-state index in [0.717, 1.165) is 6.07 Å². The number of imidazole rings is 1. The van der Waals surface area contributed by atoms with Crippen LogP contribution >= 0.6 is 11.6 Å². The van der Waals surface area contributed by atoms with Crippen LogP contribution in [0.1, 0.15) is 36.0 Å². The van der Waals surface area contributed by atoms with E-state index in [9.17, 15) is 21.6 Å². The minimum absolute atomic E-state index is 0.0275. The van der Waals surface area contributed by atoms with Crippen molar-refractivity contribution in [2.75, 3.05) is 13.7 Å². The number of aromatic nitrogens is 2. The van der Waals surface area contributed by atoms with Crippen LogP contribution in [0.4, 0.5) is 13.2 Å². The van der Waals surface area contributed by atoms with Gasteiger partial charge >= 0.3 is 0 Å². The monoisotopic (exact) mass is 453 g/mol. The molecule has 1 unspecified atom stereocenters. The number of hydrogen-bond donors (Lipinski definition) is 2. The van der Waals surface area contributed by atoms with E-state index in [4.69, 9.17) is 26.2 Å². The van der Waals surface area contributed by atoms with Gasteiger partial charge in [0.25, 0.3) is 10.0 Å². The van der Waals surface area contributed by atoms with Gasteiger partial charge in [0, 0.05) is 20.0 Å². The summed E-state index contributed by atoms with van der Waals surface area (Å²) in [6, 6.07) is 3.80. The van der Waals surface area contributed by atoms with Crippen LogP contribution in [-0.4, -0.2) is 38.0 Å². The fourth-order valence-electron chi connectivity index (χ4n) is 3.16. The van der Waals surface area contributed by atoms with Crippen LogP contribution in [0.2, 0.25) is 5.02 Å². The number of benzene rings is 1. The molecule has 29 heavy (non-hydrogen) atoms. The van der Waals surface area contributed by atoms with Gasteiger partial charge in [0.15, 0.2) is 5.03 Å². The first-order valence-electron chi connectivity index (χ1n) is 8.55. The van der Waals surface area contributed by atoms with Crippen molar-refractivity contribution in [1.82, 2.24) is 9.97 Å². The molecular weight excluding hydrogens is 435 g/mol. The molecule has 1 fully saturated rings. The largest absolute Gasteiger partial charge is 0.378 e. The Labute approximate surface area is 170 Å². The van der Waals surface area contributed by atoms with Crippen LogP contribution in [0.3, 0.4) is 0 Å². The Balaban J connectivity index is 1.95. The Morgan fingerprint density at radius 3 is 2.66 bits per heavy atom. The molecular formula is C17H19ClF3N3O4S. The van der Waals surface area contributed by atoms with Crippen molar-refractivity contribution in [3.8, 4) is 0 Å². The average Bonchev–Trinajstić information content (AvgIpc) is 3.01. The van der Waals surface area contributed by atoms with Crippen LogP contribution in [0, 0.1) is 11.7 Å². The first-order chi connectivity index (χ1) is 13.5. The van der Waals surface area contributed by atoms with Gasteiger partial charge in [-0.15, -0.1) is 0 Å². The molecule has 1 aromatic heterocycles. The van der Waals surface area contributed by atoms with Crippen molar-refractivity contribution in [2.45, 2.75) is 36.5 Å². The van der Waals surface area contributed by atoms with E-state index in [-0.39, 0.29) is 48.5 Å². The molecule has 1 heterocycles. The number of primary sulfonamides is 1. The highest BCUT2D eigenvalue weighted by Crippen LogP contribution is 2.43. The highest BCUT2D eigenvalue weighted by atomic mass is 35.5. The van der Waals surface area contributed by atoms with Gasteiger partial charge in [0.05, 0.1) is 23.9 Å². The first kappa shape index (κ1) is 22.0. The molecule has 1 aliphatic carbocycles. The molecule has 160 valence electrons. The number of H-pyrrole nitrogens is 1. The standard InChI is InChI=1S/C17H19ClF3N3O4S/c1-27-8-13-16(29(22,25)26)24-15(23-13)14(10-2-3-12(19)11(18)4-10)28-7-9-5-17(20,21)6-9/h2-4,9,14H,5-8H2,1H3,(H,23,24)(H2,22,25,26). The Hall–Kier alpha value is -1.66. The Kier molecular flexibility index (Phi) is 6.25. The summed E-state index contributed by atoms with van der Waals surface area (Å²) in [6.45, 7) is -0.148. The number of halogens is 4. The van der Waals surface area contributed by atoms with Crippen LogP contribution in [0.25, 0.3) is 0 Å². The molecule has 1 aliphatic rings. The van der Waals surface area contributed by atoms with E-state index < -0.39 is 32.9 Å². The van der Waals surface area contributed by atoms with Crippen LogP contribution in [0.5, 0.6) is 0 Å². The summed E-state index contributed by atoms with van der Waals surface area (Å²) in [7, 11) is -2.81. The maximum absolute atomic E-state index is 13.6. The lowest BCUT2D eigenvalue weighted by atomic mass is 9.82. The SMILES string of the molecule is COCc1[nH]c(C(OCC2CC(F)(F)C2)c2ccc(F)c(Cl)c2)nc1S(N)(=O)=O. The van der Waals surface area contributed by atoms with E-state index in [1.165, 1.54) is 19.2 Å². The fourth-order valence-corrected chi connectivity index (χ4v) is 4.03. The molecule has 1 saturated carbocycles. The molecule has 0 bridgehead atoms. The molecule has 7 nitrogen and oxygen atoms in total. The maximum atomic E-state index is 13.6. The number of alkyl halides is 2. The molecule has 0 aliphatic heterocycles. The number of aromatic amines is 1. The molecule has 0 spiro atoms. The Bertz CT molecular complexity index is 992. The number of hydrogen-bond acceptors (Lipinski definition) is 5. The van der Waals surface area contributed by atoms with E-state index in [0.29, 0.717) is 5.56 Å². The molecule has 0 saturated heterocycles. The second-order valence-corrected chi connectivity index (χ2v) is 8.78. The van der Waals surface area contributed by atoms with Gasteiger partial charge in [-0.25, -0.2) is 31.7 Å². The minimum Gasteiger partial charge on any atom is -0.378 e. The zero-order valence-corrected chi connectivity index (χ0v) is 16.9. The number of nitrogens with zero attached hydrogens (tertiary/aromatic N) is 1. The van der Waals surface area contributed by atoms with Gasteiger partial charge < -0.3 is 14.5 Å². The van der Waals surface area contributed by atoms with Gasteiger partial charge in [-0.1, -0.05) is 17.7 Å². The van der Waals surface area contributed by atoms with Crippen molar-refractivity contribution >= 4 is 21.6 Å². The van der Waals surface area contributed by atoms with Crippen LogP contribution in [-0.2, 0) is 26.1 Å². The number of ether oxygens (including phenoxy) is 2. The summed E-state index contributed by atoms with van der Waals surface area (Å²) < 4.78 is 74.2. The van der Waals surface area contributed by atoms with Gasteiger partial charge in [-0.3, -0.25) is 0 Å². The summed E-state index contributed by atoms with van der Waals surface area (Å²) in [4.78, 5) is 6.81. The van der Waals surface area contributed by atoms with E-state index >= 15 is 0 Å². The average molecular weight is 454 g/mol. The van der Waals surface area contributed by atoms with Gasteiger partial charge in [0.2, 0.25) is 5.92 Å². The summed E-state index contributed by atoms with van der Waals surface area (Å²) in [5.74, 6) is -3.68. The molecule has 2 aromatic rings. The van der Waals surface area contributed by atoms with E-state index in [2.05, 4.69) is 9.97 Å². The van der Waals surface area contributed by atoms with Crippen molar-refractivity contribution in [1.29, 1.82) is 0 Å². The third kappa shape index (κ3) is 5.10.